The maximum Gasteiger partial charge on any atom is 0.242 e. The van der Waals surface area contributed by atoms with Gasteiger partial charge >= 0.3 is 0 Å². The Morgan fingerprint density at radius 2 is 2.44 bits per heavy atom. The van der Waals surface area contributed by atoms with Crippen LogP contribution in [0.2, 0.25) is 0 Å². The summed E-state index contributed by atoms with van der Waals surface area (Å²) in [4.78, 5) is 17.8. The minimum Gasteiger partial charge on any atom is -0.373 e. The van der Waals surface area contributed by atoms with Gasteiger partial charge in [0.15, 0.2) is 0 Å². The van der Waals surface area contributed by atoms with Gasteiger partial charge in [0.1, 0.15) is 11.9 Å². The van der Waals surface area contributed by atoms with Crippen LogP contribution in [0.1, 0.15) is 6.92 Å². The monoisotopic (exact) mass is 220 g/mol. The van der Waals surface area contributed by atoms with Gasteiger partial charge in [0, 0.05) is 38.1 Å². The van der Waals surface area contributed by atoms with Crippen molar-refractivity contribution in [3.8, 4) is 0 Å². The molecule has 1 saturated heterocycles. The Morgan fingerprint density at radius 1 is 1.62 bits per heavy atom. The highest BCUT2D eigenvalue weighted by Crippen LogP contribution is 2.20. The smallest absolute Gasteiger partial charge is 0.242 e. The molecule has 1 aliphatic heterocycles. The highest BCUT2D eigenvalue weighted by molar-refractivity contribution is 5.86. The van der Waals surface area contributed by atoms with Gasteiger partial charge < -0.3 is 15.5 Å². The van der Waals surface area contributed by atoms with E-state index in [1.807, 2.05) is 26.1 Å². The van der Waals surface area contributed by atoms with Gasteiger partial charge in [-0.15, -0.1) is 0 Å². The van der Waals surface area contributed by atoms with Crippen molar-refractivity contribution >= 4 is 17.4 Å². The summed E-state index contributed by atoms with van der Waals surface area (Å²) >= 11 is 0. The summed E-state index contributed by atoms with van der Waals surface area (Å²) in [6.45, 7) is 3.44. The Hall–Kier alpha value is -1.78. The number of piperazine rings is 1. The number of rotatable bonds is 2. The van der Waals surface area contributed by atoms with Crippen molar-refractivity contribution in [2.45, 2.75) is 13.0 Å². The quantitative estimate of drug-likeness (QED) is 0.759. The summed E-state index contributed by atoms with van der Waals surface area (Å²) in [6, 6.07) is 3.76. The first-order valence-electron chi connectivity index (χ1n) is 5.40. The molecule has 5 heteroatoms. The molecule has 0 radical (unpaired) electrons. The SMILES string of the molecule is CNc1cc(N2CCNC(=O)C2C)ccn1. The third-order valence-corrected chi connectivity index (χ3v) is 2.83. The lowest BCUT2D eigenvalue weighted by Crippen LogP contribution is -2.54. The second-order valence-corrected chi connectivity index (χ2v) is 3.81. The van der Waals surface area contributed by atoms with Crippen molar-refractivity contribution in [1.29, 1.82) is 0 Å². The Morgan fingerprint density at radius 3 is 3.19 bits per heavy atom. The van der Waals surface area contributed by atoms with Crippen LogP contribution in [0.4, 0.5) is 11.5 Å². The number of pyridine rings is 1. The van der Waals surface area contributed by atoms with E-state index in [0.29, 0.717) is 6.54 Å². The normalized spacial score (nSPS) is 20.5. The standard InChI is InChI=1S/C11H16N4O/c1-8-11(16)14-5-6-15(8)9-3-4-13-10(7-9)12-2/h3-4,7-8H,5-6H2,1-2H3,(H,12,13)(H,14,16). The van der Waals surface area contributed by atoms with E-state index in [1.165, 1.54) is 0 Å². The lowest BCUT2D eigenvalue weighted by Gasteiger charge is -2.34. The van der Waals surface area contributed by atoms with Gasteiger partial charge in [0.2, 0.25) is 5.91 Å². The van der Waals surface area contributed by atoms with E-state index < -0.39 is 0 Å². The van der Waals surface area contributed by atoms with E-state index in [2.05, 4.69) is 20.5 Å². The molecule has 1 amide bonds. The van der Waals surface area contributed by atoms with Crippen molar-refractivity contribution < 1.29 is 4.79 Å². The zero-order valence-corrected chi connectivity index (χ0v) is 9.53. The van der Waals surface area contributed by atoms with E-state index in [4.69, 9.17) is 0 Å². The van der Waals surface area contributed by atoms with E-state index >= 15 is 0 Å². The maximum absolute atomic E-state index is 11.5. The number of aromatic nitrogens is 1. The van der Waals surface area contributed by atoms with Crippen LogP contribution >= 0.6 is 0 Å². The van der Waals surface area contributed by atoms with Gasteiger partial charge in [0.25, 0.3) is 0 Å². The van der Waals surface area contributed by atoms with Crippen LogP contribution in [0, 0.1) is 0 Å². The molecule has 2 N–H and O–H groups in total. The van der Waals surface area contributed by atoms with E-state index in [1.54, 1.807) is 6.20 Å². The number of amides is 1. The first-order valence-corrected chi connectivity index (χ1v) is 5.40. The second kappa shape index (κ2) is 4.38. The predicted octanol–water partition coefficient (Wildman–Crippen LogP) is 0.448. The van der Waals surface area contributed by atoms with Crippen LogP contribution in [0.25, 0.3) is 0 Å². The molecular weight excluding hydrogens is 204 g/mol. The lowest BCUT2D eigenvalue weighted by atomic mass is 10.2. The van der Waals surface area contributed by atoms with Crippen molar-refractivity contribution in [2.24, 2.45) is 0 Å². The van der Waals surface area contributed by atoms with Crippen LogP contribution in [0.5, 0.6) is 0 Å². The van der Waals surface area contributed by atoms with Crippen LogP contribution < -0.4 is 15.5 Å². The molecule has 16 heavy (non-hydrogen) atoms. The average molecular weight is 220 g/mol. The number of nitrogens with one attached hydrogen (secondary N) is 2. The summed E-state index contributed by atoms with van der Waals surface area (Å²) in [5.41, 5.74) is 1.03. The molecule has 2 heterocycles. The van der Waals surface area contributed by atoms with Gasteiger partial charge in [0.05, 0.1) is 0 Å². The van der Waals surface area contributed by atoms with Crippen molar-refractivity contribution in [3.63, 3.8) is 0 Å². The van der Waals surface area contributed by atoms with Crippen LogP contribution in [-0.4, -0.2) is 37.1 Å². The molecule has 2 rings (SSSR count). The lowest BCUT2D eigenvalue weighted by molar-refractivity contribution is -0.122. The zero-order valence-electron chi connectivity index (χ0n) is 9.53. The Kier molecular flexibility index (Phi) is 2.94. The zero-order chi connectivity index (χ0) is 11.5. The Labute approximate surface area is 94.9 Å². The molecule has 1 aliphatic rings. The topological polar surface area (TPSA) is 57.3 Å². The summed E-state index contributed by atoms with van der Waals surface area (Å²) in [7, 11) is 1.83. The summed E-state index contributed by atoms with van der Waals surface area (Å²) in [5.74, 6) is 0.893. The molecule has 1 atom stereocenters. The largest absolute Gasteiger partial charge is 0.373 e. The molecule has 1 aromatic heterocycles. The molecule has 0 saturated carbocycles. The molecule has 0 spiro atoms. The van der Waals surface area contributed by atoms with Crippen LogP contribution in [0.15, 0.2) is 18.3 Å². The molecule has 0 aliphatic carbocycles. The van der Waals surface area contributed by atoms with Crippen molar-refractivity contribution in [2.75, 3.05) is 30.4 Å². The minimum absolute atomic E-state index is 0.0778. The van der Waals surface area contributed by atoms with E-state index in [9.17, 15) is 4.79 Å². The fourth-order valence-corrected chi connectivity index (χ4v) is 1.87. The van der Waals surface area contributed by atoms with Gasteiger partial charge in [-0.25, -0.2) is 4.98 Å². The van der Waals surface area contributed by atoms with Crippen molar-refractivity contribution in [3.05, 3.63) is 18.3 Å². The van der Waals surface area contributed by atoms with Gasteiger partial charge in [-0.2, -0.15) is 0 Å². The minimum atomic E-state index is -0.124. The van der Waals surface area contributed by atoms with Gasteiger partial charge in [-0.3, -0.25) is 4.79 Å². The molecule has 1 aromatic rings. The van der Waals surface area contributed by atoms with E-state index in [0.717, 1.165) is 18.1 Å². The fraction of sp³-hybridized carbons (Fsp3) is 0.455. The number of carbonyl (C=O) groups is 1. The average Bonchev–Trinajstić information content (AvgIpc) is 2.33. The third-order valence-electron chi connectivity index (χ3n) is 2.83. The molecule has 0 bridgehead atoms. The summed E-state index contributed by atoms with van der Waals surface area (Å²) < 4.78 is 0. The maximum atomic E-state index is 11.5. The predicted molar refractivity (Wildman–Crippen MR) is 63.6 cm³/mol. The fourth-order valence-electron chi connectivity index (χ4n) is 1.87. The third kappa shape index (κ3) is 1.93. The summed E-state index contributed by atoms with van der Waals surface area (Å²) in [5, 5.41) is 5.84. The number of nitrogens with zero attached hydrogens (tertiary/aromatic N) is 2. The molecule has 1 unspecified atom stereocenters. The van der Waals surface area contributed by atoms with Crippen LogP contribution in [-0.2, 0) is 4.79 Å². The number of anilines is 2. The van der Waals surface area contributed by atoms with Crippen molar-refractivity contribution in [1.82, 2.24) is 10.3 Å². The van der Waals surface area contributed by atoms with Gasteiger partial charge in [-0.1, -0.05) is 0 Å². The Balaban J connectivity index is 2.25. The molecule has 5 nitrogen and oxygen atoms in total. The molecular formula is C11H16N4O. The molecule has 0 aromatic carbocycles. The summed E-state index contributed by atoms with van der Waals surface area (Å²) in [6.07, 6.45) is 1.75. The van der Waals surface area contributed by atoms with E-state index in [-0.39, 0.29) is 11.9 Å². The number of carbonyl (C=O) groups excluding carboxylic acids is 1. The molecule has 1 fully saturated rings. The number of hydrogen-bond acceptors (Lipinski definition) is 4. The Bertz CT molecular complexity index is 393. The van der Waals surface area contributed by atoms with Crippen LogP contribution in [0.3, 0.4) is 0 Å². The van der Waals surface area contributed by atoms with Gasteiger partial charge in [-0.05, 0) is 13.0 Å². The highest BCUT2D eigenvalue weighted by atomic mass is 16.2. The molecule has 86 valence electrons. The first-order chi connectivity index (χ1) is 7.72. The highest BCUT2D eigenvalue weighted by Gasteiger charge is 2.25. The second-order valence-electron chi connectivity index (χ2n) is 3.81. The number of hydrogen-bond donors (Lipinski definition) is 2. The first kappa shape index (κ1) is 10.7.